The van der Waals surface area contributed by atoms with Crippen LogP contribution in [0.25, 0.3) is 0 Å². The summed E-state index contributed by atoms with van der Waals surface area (Å²) in [4.78, 5) is 36.1. The number of methoxy groups -OCH3 is 1. The molecule has 0 radical (unpaired) electrons. The van der Waals surface area contributed by atoms with Crippen molar-refractivity contribution in [3.8, 4) is 0 Å². The topological polar surface area (TPSA) is 66.9 Å². The first-order chi connectivity index (χ1) is 7.07. The number of ether oxygens (including phenoxy) is 1. The number of hydrogen-bond donors (Lipinski definition) is 0. The molecule has 6 nitrogen and oxygen atoms in total. The Balaban J connectivity index is 2.68. The minimum Gasteiger partial charge on any atom is -0.383 e. The van der Waals surface area contributed by atoms with Gasteiger partial charge < -0.3 is 9.64 Å². The van der Waals surface area contributed by atoms with Crippen molar-refractivity contribution in [2.24, 2.45) is 0 Å². The van der Waals surface area contributed by atoms with Crippen LogP contribution in [0.5, 0.6) is 0 Å². The highest BCUT2D eigenvalue weighted by molar-refractivity contribution is 6.10. The zero-order valence-corrected chi connectivity index (χ0v) is 8.86. The van der Waals surface area contributed by atoms with Gasteiger partial charge in [0.2, 0.25) is 11.8 Å². The second-order valence-corrected chi connectivity index (χ2v) is 3.26. The molecule has 0 aromatic carbocycles. The zero-order valence-electron chi connectivity index (χ0n) is 8.86. The van der Waals surface area contributed by atoms with Crippen LogP contribution in [0.15, 0.2) is 0 Å². The standard InChI is InChI=1S/C9H14N2O4/c1-7(12)11-8(13)3-4-10(9(11)14)5-6-15-2/h3-6H2,1-2H3. The Kier molecular flexibility index (Phi) is 3.79. The summed E-state index contributed by atoms with van der Waals surface area (Å²) in [5.41, 5.74) is 0. The summed E-state index contributed by atoms with van der Waals surface area (Å²) in [7, 11) is 1.53. The Morgan fingerprint density at radius 1 is 1.47 bits per heavy atom. The Hall–Kier alpha value is -1.43. The molecule has 1 saturated heterocycles. The molecule has 0 saturated carbocycles. The molecule has 84 valence electrons. The van der Waals surface area contributed by atoms with Gasteiger partial charge in [-0.15, -0.1) is 0 Å². The SMILES string of the molecule is COCCN1CCC(=O)N(C(C)=O)C1=O. The first kappa shape index (κ1) is 11.6. The molecule has 0 spiro atoms. The quantitative estimate of drug-likeness (QED) is 0.654. The lowest BCUT2D eigenvalue weighted by Crippen LogP contribution is -2.54. The molecule has 0 atom stereocenters. The van der Waals surface area contributed by atoms with Gasteiger partial charge in [-0.3, -0.25) is 9.59 Å². The Morgan fingerprint density at radius 2 is 2.13 bits per heavy atom. The summed E-state index contributed by atoms with van der Waals surface area (Å²) >= 11 is 0. The van der Waals surface area contributed by atoms with Crippen molar-refractivity contribution < 1.29 is 19.1 Å². The van der Waals surface area contributed by atoms with E-state index in [1.54, 1.807) is 0 Å². The van der Waals surface area contributed by atoms with Crippen LogP contribution in [0.4, 0.5) is 4.79 Å². The van der Waals surface area contributed by atoms with Crippen molar-refractivity contribution >= 4 is 17.8 Å². The Bertz CT molecular complexity index is 290. The van der Waals surface area contributed by atoms with Crippen LogP contribution in [0.2, 0.25) is 0 Å². The van der Waals surface area contributed by atoms with Crippen LogP contribution in [-0.2, 0) is 14.3 Å². The molecule has 1 aliphatic heterocycles. The fraction of sp³-hybridized carbons (Fsp3) is 0.667. The molecular weight excluding hydrogens is 200 g/mol. The zero-order chi connectivity index (χ0) is 11.4. The molecular formula is C9H14N2O4. The van der Waals surface area contributed by atoms with Crippen LogP contribution < -0.4 is 0 Å². The smallest absolute Gasteiger partial charge is 0.333 e. The molecule has 1 rings (SSSR count). The molecule has 0 aromatic heterocycles. The number of carbonyl (C=O) groups excluding carboxylic acids is 3. The fourth-order valence-electron chi connectivity index (χ4n) is 1.41. The molecule has 0 unspecified atom stereocenters. The maximum Gasteiger partial charge on any atom is 0.333 e. The van der Waals surface area contributed by atoms with Gasteiger partial charge in [-0.25, -0.2) is 9.69 Å². The highest BCUT2D eigenvalue weighted by atomic mass is 16.5. The first-order valence-corrected chi connectivity index (χ1v) is 4.69. The number of amides is 4. The number of hydrogen-bond acceptors (Lipinski definition) is 4. The van der Waals surface area contributed by atoms with Crippen LogP contribution >= 0.6 is 0 Å². The Labute approximate surface area is 87.8 Å². The first-order valence-electron chi connectivity index (χ1n) is 4.69. The normalized spacial score (nSPS) is 17.2. The second kappa shape index (κ2) is 4.88. The third-order valence-corrected chi connectivity index (χ3v) is 2.19. The van der Waals surface area contributed by atoms with Crippen molar-refractivity contribution in [3.05, 3.63) is 0 Å². The maximum atomic E-state index is 11.6. The summed E-state index contributed by atoms with van der Waals surface area (Å²) in [6, 6.07) is -0.546. The van der Waals surface area contributed by atoms with Gasteiger partial charge in [0.25, 0.3) is 0 Å². The number of carbonyl (C=O) groups is 3. The second-order valence-electron chi connectivity index (χ2n) is 3.26. The van der Waals surface area contributed by atoms with Gasteiger partial charge in [-0.2, -0.15) is 0 Å². The fourth-order valence-corrected chi connectivity index (χ4v) is 1.41. The summed E-state index contributed by atoms with van der Waals surface area (Å²) in [5, 5.41) is 0. The molecule has 1 heterocycles. The summed E-state index contributed by atoms with van der Waals surface area (Å²) in [5.74, 6) is -0.965. The van der Waals surface area contributed by atoms with E-state index in [0.29, 0.717) is 24.6 Å². The van der Waals surface area contributed by atoms with Crippen molar-refractivity contribution in [1.29, 1.82) is 0 Å². The molecule has 6 heteroatoms. The molecule has 0 aliphatic carbocycles. The highest BCUT2D eigenvalue weighted by Crippen LogP contribution is 2.10. The third kappa shape index (κ3) is 2.53. The largest absolute Gasteiger partial charge is 0.383 e. The van der Waals surface area contributed by atoms with Crippen molar-refractivity contribution in [2.75, 3.05) is 26.8 Å². The van der Waals surface area contributed by atoms with Crippen LogP contribution in [0.3, 0.4) is 0 Å². The highest BCUT2D eigenvalue weighted by Gasteiger charge is 2.34. The van der Waals surface area contributed by atoms with Crippen molar-refractivity contribution in [3.63, 3.8) is 0 Å². The number of urea groups is 1. The minimum absolute atomic E-state index is 0.190. The molecule has 0 N–H and O–H groups in total. The van der Waals surface area contributed by atoms with E-state index in [9.17, 15) is 14.4 Å². The van der Waals surface area contributed by atoms with Crippen LogP contribution in [0, 0.1) is 0 Å². The van der Waals surface area contributed by atoms with Gasteiger partial charge >= 0.3 is 6.03 Å². The average molecular weight is 214 g/mol. The van der Waals surface area contributed by atoms with E-state index in [2.05, 4.69) is 0 Å². The average Bonchev–Trinajstić information content (AvgIpc) is 2.16. The minimum atomic E-state index is -0.546. The van der Waals surface area contributed by atoms with E-state index in [0.717, 1.165) is 0 Å². The van der Waals surface area contributed by atoms with E-state index >= 15 is 0 Å². The molecule has 0 bridgehead atoms. The molecule has 15 heavy (non-hydrogen) atoms. The third-order valence-electron chi connectivity index (χ3n) is 2.19. The van der Waals surface area contributed by atoms with Crippen LogP contribution in [-0.4, -0.2) is 54.5 Å². The predicted octanol–water partition coefficient (Wildman–Crippen LogP) is -0.166. The van der Waals surface area contributed by atoms with E-state index in [1.165, 1.54) is 18.9 Å². The number of imide groups is 3. The van der Waals surface area contributed by atoms with E-state index < -0.39 is 17.8 Å². The maximum absolute atomic E-state index is 11.6. The van der Waals surface area contributed by atoms with Gasteiger partial charge in [0.05, 0.1) is 6.61 Å². The Morgan fingerprint density at radius 3 is 2.67 bits per heavy atom. The summed E-state index contributed by atoms with van der Waals surface area (Å²) in [6.07, 6.45) is 0.190. The molecule has 0 aromatic rings. The molecule has 1 aliphatic rings. The van der Waals surface area contributed by atoms with Gasteiger partial charge in [-0.1, -0.05) is 0 Å². The number of nitrogens with zero attached hydrogens (tertiary/aromatic N) is 2. The van der Waals surface area contributed by atoms with Gasteiger partial charge in [0.15, 0.2) is 0 Å². The monoisotopic (exact) mass is 214 g/mol. The lowest BCUT2D eigenvalue weighted by molar-refractivity contribution is -0.142. The molecule has 4 amide bonds. The van der Waals surface area contributed by atoms with Crippen molar-refractivity contribution in [1.82, 2.24) is 9.80 Å². The molecule has 1 fully saturated rings. The number of rotatable bonds is 3. The van der Waals surface area contributed by atoms with Gasteiger partial charge in [0, 0.05) is 33.5 Å². The lowest BCUT2D eigenvalue weighted by atomic mass is 10.2. The lowest BCUT2D eigenvalue weighted by Gasteiger charge is -2.32. The van der Waals surface area contributed by atoms with E-state index in [1.807, 2.05) is 0 Å². The summed E-state index contributed by atoms with van der Waals surface area (Å²) < 4.78 is 4.83. The van der Waals surface area contributed by atoms with Crippen LogP contribution in [0.1, 0.15) is 13.3 Å². The van der Waals surface area contributed by atoms with E-state index in [4.69, 9.17) is 4.74 Å². The van der Waals surface area contributed by atoms with E-state index in [-0.39, 0.29) is 6.42 Å². The predicted molar refractivity (Wildman–Crippen MR) is 51.0 cm³/mol. The van der Waals surface area contributed by atoms with Gasteiger partial charge in [-0.05, 0) is 0 Å². The van der Waals surface area contributed by atoms with Crippen molar-refractivity contribution in [2.45, 2.75) is 13.3 Å². The summed E-state index contributed by atoms with van der Waals surface area (Å²) in [6.45, 7) is 2.35. The van der Waals surface area contributed by atoms with Gasteiger partial charge in [0.1, 0.15) is 0 Å².